The number of anilines is 2. The van der Waals surface area contributed by atoms with E-state index in [0.717, 1.165) is 32.2 Å². The number of aliphatic carboxylic acids is 1. The first-order chi connectivity index (χ1) is 14.8. The number of nitrogens with one attached hydrogen (secondary N) is 1. The van der Waals surface area contributed by atoms with Crippen molar-refractivity contribution < 1.29 is 14.6 Å². The third-order valence-corrected chi connectivity index (χ3v) is 5.72. The predicted molar refractivity (Wildman–Crippen MR) is 122 cm³/mol. The summed E-state index contributed by atoms with van der Waals surface area (Å²) in [5, 5.41) is 13.3. The van der Waals surface area contributed by atoms with Crippen molar-refractivity contribution in [2.24, 2.45) is 5.41 Å². The van der Waals surface area contributed by atoms with Gasteiger partial charge in [0.25, 0.3) is 0 Å². The lowest BCUT2D eigenvalue weighted by molar-refractivity contribution is -0.148. The van der Waals surface area contributed by atoms with Crippen LogP contribution in [0.1, 0.15) is 19.4 Å². The Morgan fingerprint density at radius 1 is 1.10 bits per heavy atom. The predicted octanol–water partition coefficient (Wildman–Crippen LogP) is 5.29. The average Bonchev–Trinajstić information content (AvgIpc) is 3.14. The topological polar surface area (TPSA) is 97.2 Å². The van der Waals surface area contributed by atoms with Crippen LogP contribution in [0.2, 0.25) is 0 Å². The Bertz CT molecular complexity index is 1220. The number of fused-ring (bicyclic) bond motifs is 1. The lowest BCUT2D eigenvalue weighted by atomic mass is 9.95. The zero-order chi connectivity index (χ0) is 22.0. The van der Waals surface area contributed by atoms with Gasteiger partial charge >= 0.3 is 12.0 Å². The highest BCUT2D eigenvalue weighted by atomic mass is 32.1. The summed E-state index contributed by atoms with van der Waals surface area (Å²) in [7, 11) is 0. The van der Waals surface area contributed by atoms with Crippen LogP contribution in [0.25, 0.3) is 21.3 Å². The van der Waals surface area contributed by atoms with E-state index in [9.17, 15) is 4.79 Å². The molecule has 0 spiro atoms. The molecule has 0 bridgehead atoms. The molecule has 0 saturated carbocycles. The number of thiazole rings is 1. The van der Waals surface area contributed by atoms with Crippen LogP contribution in [-0.4, -0.2) is 32.6 Å². The lowest BCUT2D eigenvalue weighted by Crippen LogP contribution is -2.31. The van der Waals surface area contributed by atoms with Crippen LogP contribution in [0.4, 0.5) is 10.8 Å². The third-order valence-electron chi connectivity index (χ3n) is 4.78. The van der Waals surface area contributed by atoms with Crippen molar-refractivity contribution in [1.29, 1.82) is 0 Å². The van der Waals surface area contributed by atoms with Gasteiger partial charge in [-0.1, -0.05) is 29.5 Å². The minimum Gasteiger partial charge on any atom is -0.481 e. The van der Waals surface area contributed by atoms with E-state index in [0.29, 0.717) is 0 Å². The van der Waals surface area contributed by atoms with Gasteiger partial charge in [-0.05, 0) is 56.2 Å². The zero-order valence-electron chi connectivity index (χ0n) is 17.4. The molecule has 2 aromatic carbocycles. The molecule has 31 heavy (non-hydrogen) atoms. The van der Waals surface area contributed by atoms with Crippen molar-refractivity contribution in [1.82, 2.24) is 15.0 Å². The van der Waals surface area contributed by atoms with Gasteiger partial charge in [0.1, 0.15) is 6.61 Å². The molecule has 0 aliphatic heterocycles. The average molecular weight is 435 g/mol. The molecule has 4 rings (SSSR count). The molecule has 158 valence electrons. The summed E-state index contributed by atoms with van der Waals surface area (Å²) >= 11 is 1.62. The van der Waals surface area contributed by atoms with Crippen LogP contribution in [-0.2, 0) is 4.79 Å². The first-order valence-electron chi connectivity index (χ1n) is 9.73. The normalized spacial score (nSPS) is 11.5. The fraction of sp³-hybridized carbons (Fsp3) is 0.217. The molecule has 0 atom stereocenters. The molecule has 0 unspecified atom stereocenters. The van der Waals surface area contributed by atoms with Crippen LogP contribution in [0, 0.1) is 12.3 Å². The maximum Gasteiger partial charge on any atom is 0.316 e. The minimum atomic E-state index is -1.01. The second-order valence-corrected chi connectivity index (χ2v) is 8.96. The maximum atomic E-state index is 11.2. The van der Waals surface area contributed by atoms with E-state index in [2.05, 4.69) is 39.3 Å². The van der Waals surface area contributed by atoms with Crippen LogP contribution >= 0.6 is 11.3 Å². The molecular formula is C23H22N4O3S. The Kier molecular flexibility index (Phi) is 5.56. The molecule has 0 saturated heterocycles. The lowest BCUT2D eigenvalue weighted by Gasteiger charge is -2.18. The standard InChI is InChI=1S/C23H22N4O3S/c1-14-4-9-18-19(10-14)31-22(27-18)26-17-7-5-15(6-8-17)16-11-24-21(25-12-16)30-13-23(2,3)20(28)29/h4-12H,13H2,1-3H3,(H,26,27)(H,28,29). The number of carboxylic acids is 1. The van der Waals surface area contributed by atoms with E-state index in [1.165, 1.54) is 5.56 Å². The molecule has 2 N–H and O–H groups in total. The zero-order valence-corrected chi connectivity index (χ0v) is 18.2. The Balaban J connectivity index is 1.42. The van der Waals surface area contributed by atoms with Gasteiger partial charge in [0.2, 0.25) is 0 Å². The van der Waals surface area contributed by atoms with Gasteiger partial charge in [0.05, 0.1) is 15.6 Å². The van der Waals surface area contributed by atoms with Gasteiger partial charge < -0.3 is 15.2 Å². The number of nitrogens with zero attached hydrogens (tertiary/aromatic N) is 3. The largest absolute Gasteiger partial charge is 0.481 e. The first-order valence-corrected chi connectivity index (χ1v) is 10.5. The molecule has 0 radical (unpaired) electrons. The van der Waals surface area contributed by atoms with Crippen LogP contribution in [0.15, 0.2) is 54.9 Å². The van der Waals surface area contributed by atoms with Crippen molar-refractivity contribution >= 4 is 38.3 Å². The first kappa shape index (κ1) is 20.7. The van der Waals surface area contributed by atoms with E-state index < -0.39 is 11.4 Å². The second-order valence-electron chi connectivity index (χ2n) is 7.92. The number of aromatic nitrogens is 3. The summed E-state index contributed by atoms with van der Waals surface area (Å²) in [6.45, 7) is 5.25. The highest BCUT2D eigenvalue weighted by Crippen LogP contribution is 2.30. The molecule has 0 aliphatic rings. The number of carbonyl (C=O) groups is 1. The van der Waals surface area contributed by atoms with Crippen molar-refractivity contribution in [2.45, 2.75) is 20.8 Å². The van der Waals surface area contributed by atoms with Gasteiger partial charge in [-0.3, -0.25) is 4.79 Å². The Hall–Kier alpha value is -3.52. The Morgan fingerprint density at radius 2 is 1.81 bits per heavy atom. The van der Waals surface area contributed by atoms with Crippen molar-refractivity contribution in [2.75, 3.05) is 11.9 Å². The third kappa shape index (κ3) is 4.80. The summed E-state index contributed by atoms with van der Waals surface area (Å²) in [5.74, 6) is -0.932. The molecule has 7 nitrogen and oxygen atoms in total. The highest BCUT2D eigenvalue weighted by Gasteiger charge is 2.28. The van der Waals surface area contributed by atoms with E-state index in [4.69, 9.17) is 9.84 Å². The molecular weight excluding hydrogens is 412 g/mol. The van der Waals surface area contributed by atoms with Gasteiger partial charge in [-0.2, -0.15) is 0 Å². The van der Waals surface area contributed by atoms with Gasteiger partial charge in [-0.15, -0.1) is 0 Å². The summed E-state index contributed by atoms with van der Waals surface area (Å²) < 4.78 is 6.58. The molecule has 0 aliphatic carbocycles. The molecule has 0 fully saturated rings. The summed E-state index contributed by atoms with van der Waals surface area (Å²) in [4.78, 5) is 24.2. The van der Waals surface area contributed by atoms with E-state index in [-0.39, 0.29) is 12.6 Å². The van der Waals surface area contributed by atoms with Crippen LogP contribution in [0.5, 0.6) is 6.01 Å². The summed E-state index contributed by atoms with van der Waals surface area (Å²) in [6.07, 6.45) is 3.32. The highest BCUT2D eigenvalue weighted by molar-refractivity contribution is 7.22. The number of ether oxygens (including phenoxy) is 1. The van der Waals surface area contributed by atoms with Gasteiger partial charge in [0, 0.05) is 23.6 Å². The van der Waals surface area contributed by atoms with E-state index in [1.807, 2.05) is 30.3 Å². The number of rotatable bonds is 7. The quantitative estimate of drug-likeness (QED) is 0.408. The fourth-order valence-corrected chi connectivity index (χ4v) is 3.79. The molecule has 2 heterocycles. The number of aryl methyl sites for hydroxylation is 1. The SMILES string of the molecule is Cc1ccc2nc(Nc3ccc(-c4cnc(OCC(C)(C)C(=O)O)nc4)cc3)sc2c1. The smallest absolute Gasteiger partial charge is 0.316 e. The van der Waals surface area contributed by atoms with Crippen molar-refractivity contribution in [3.8, 4) is 17.1 Å². The summed E-state index contributed by atoms with van der Waals surface area (Å²) in [6, 6.07) is 14.3. The van der Waals surface area contributed by atoms with Crippen LogP contribution in [0.3, 0.4) is 0 Å². The van der Waals surface area contributed by atoms with E-state index >= 15 is 0 Å². The number of hydrogen-bond donors (Lipinski definition) is 2. The molecule has 0 amide bonds. The van der Waals surface area contributed by atoms with E-state index in [1.54, 1.807) is 37.6 Å². The molecule has 8 heteroatoms. The number of carboxylic acid groups (broad SMARTS) is 1. The Labute approximate surface area is 183 Å². The fourth-order valence-electron chi connectivity index (χ4n) is 2.80. The van der Waals surface area contributed by atoms with Crippen molar-refractivity contribution in [3.05, 3.63) is 60.4 Å². The minimum absolute atomic E-state index is 0.00657. The van der Waals surface area contributed by atoms with Crippen LogP contribution < -0.4 is 10.1 Å². The molecule has 2 aromatic heterocycles. The molecule has 4 aromatic rings. The number of benzene rings is 2. The van der Waals surface area contributed by atoms with Gasteiger partial charge in [-0.25, -0.2) is 15.0 Å². The maximum absolute atomic E-state index is 11.2. The monoisotopic (exact) mass is 434 g/mol. The Morgan fingerprint density at radius 3 is 2.48 bits per heavy atom. The second kappa shape index (κ2) is 8.31. The summed E-state index contributed by atoms with van der Waals surface area (Å²) in [5.41, 5.74) is 3.94. The number of hydrogen-bond acceptors (Lipinski definition) is 7. The van der Waals surface area contributed by atoms with Gasteiger partial charge in [0.15, 0.2) is 5.13 Å². The van der Waals surface area contributed by atoms with Crippen molar-refractivity contribution in [3.63, 3.8) is 0 Å².